The topological polar surface area (TPSA) is 94.1 Å². The molecule has 0 radical (unpaired) electrons. The van der Waals surface area contributed by atoms with Gasteiger partial charge in [0, 0.05) is 0 Å². The summed E-state index contributed by atoms with van der Waals surface area (Å²) in [6.45, 7) is 2.21. The molecule has 7 heteroatoms. The maximum absolute atomic E-state index is 11.8. The number of alkyl carbamates (subject to hydrolysis) is 1. The molecule has 0 aliphatic rings. The van der Waals surface area contributed by atoms with Crippen LogP contribution in [-0.4, -0.2) is 44.0 Å². The first kappa shape index (κ1) is 18.8. The van der Waals surface area contributed by atoms with Crippen LogP contribution >= 0.6 is 0 Å². The highest BCUT2D eigenvalue weighted by Crippen LogP contribution is 2.21. The van der Waals surface area contributed by atoms with Crippen LogP contribution in [0.1, 0.15) is 31.4 Å². The highest BCUT2D eigenvalue weighted by Gasteiger charge is 2.31. The van der Waals surface area contributed by atoms with Gasteiger partial charge in [-0.05, 0) is 24.1 Å². The molecule has 2 unspecified atom stereocenters. The number of benzene rings is 1. The number of amides is 1. The first-order chi connectivity index (χ1) is 11.0. The molecule has 0 heterocycles. The minimum atomic E-state index is -1.27. The molecule has 7 nitrogen and oxygen atoms in total. The number of methoxy groups -OCH3 is 2. The number of aliphatic hydroxyl groups is 1. The molecule has 0 bridgehead atoms. The number of unbranched alkanes of at least 4 members (excludes halogenated alkanes) is 1. The third-order valence-electron chi connectivity index (χ3n) is 3.23. The molecule has 0 aliphatic carbocycles. The first-order valence-electron chi connectivity index (χ1n) is 7.36. The minimum absolute atomic E-state index is 0.245. The highest BCUT2D eigenvalue weighted by molar-refractivity contribution is 5.82. The van der Waals surface area contributed by atoms with E-state index in [2.05, 4.69) is 10.1 Å². The van der Waals surface area contributed by atoms with Crippen LogP contribution in [0.15, 0.2) is 24.3 Å². The number of rotatable bonds is 8. The van der Waals surface area contributed by atoms with Gasteiger partial charge in [0.15, 0.2) is 6.04 Å². The lowest BCUT2D eigenvalue weighted by molar-refractivity contribution is -0.146. The van der Waals surface area contributed by atoms with E-state index >= 15 is 0 Å². The van der Waals surface area contributed by atoms with Crippen LogP contribution in [-0.2, 0) is 14.3 Å². The molecule has 0 aromatic heterocycles. The second kappa shape index (κ2) is 9.68. The summed E-state index contributed by atoms with van der Waals surface area (Å²) in [6.07, 6.45) is -0.451. The van der Waals surface area contributed by atoms with Crippen LogP contribution in [0, 0.1) is 0 Å². The van der Waals surface area contributed by atoms with E-state index in [1.54, 1.807) is 24.3 Å². The maximum atomic E-state index is 11.8. The summed E-state index contributed by atoms with van der Waals surface area (Å²) in [5.41, 5.74) is 0.440. The predicted molar refractivity (Wildman–Crippen MR) is 83.1 cm³/mol. The normalized spacial score (nSPS) is 12.9. The smallest absolute Gasteiger partial charge is 0.407 e. The molecule has 2 atom stereocenters. The summed E-state index contributed by atoms with van der Waals surface area (Å²) in [7, 11) is 2.71. The molecule has 1 rings (SSSR count). The quantitative estimate of drug-likeness (QED) is 0.559. The fourth-order valence-corrected chi connectivity index (χ4v) is 1.87. The van der Waals surface area contributed by atoms with Crippen molar-refractivity contribution >= 4 is 12.1 Å². The Morgan fingerprint density at radius 1 is 1.22 bits per heavy atom. The Kier molecular flexibility index (Phi) is 7.90. The summed E-state index contributed by atoms with van der Waals surface area (Å²) < 4.78 is 14.6. The van der Waals surface area contributed by atoms with Crippen LogP contribution in [0.5, 0.6) is 5.75 Å². The molecule has 0 aliphatic heterocycles. The van der Waals surface area contributed by atoms with Gasteiger partial charge in [-0.25, -0.2) is 9.59 Å². The molecule has 0 saturated heterocycles. The lowest BCUT2D eigenvalue weighted by Crippen LogP contribution is -2.46. The van der Waals surface area contributed by atoms with E-state index in [0.717, 1.165) is 12.8 Å². The number of carbonyl (C=O) groups excluding carboxylic acids is 2. The molecule has 0 spiro atoms. The largest absolute Gasteiger partial charge is 0.497 e. The zero-order valence-corrected chi connectivity index (χ0v) is 13.6. The van der Waals surface area contributed by atoms with E-state index in [0.29, 0.717) is 11.3 Å². The summed E-state index contributed by atoms with van der Waals surface area (Å²) >= 11 is 0. The average molecular weight is 325 g/mol. The van der Waals surface area contributed by atoms with Crippen molar-refractivity contribution in [1.29, 1.82) is 0 Å². The van der Waals surface area contributed by atoms with Crippen molar-refractivity contribution in [3.8, 4) is 5.75 Å². The monoisotopic (exact) mass is 325 g/mol. The van der Waals surface area contributed by atoms with E-state index < -0.39 is 24.2 Å². The number of hydrogen-bond acceptors (Lipinski definition) is 6. The molecular weight excluding hydrogens is 302 g/mol. The molecule has 1 amide bonds. The number of carbonyl (C=O) groups is 2. The fourth-order valence-electron chi connectivity index (χ4n) is 1.87. The Balaban J connectivity index is 2.79. The standard InChI is InChI=1S/C16H23NO6/c1-4-5-10-23-16(20)17-13(15(19)22-3)14(18)11-6-8-12(21-2)9-7-11/h6-9,13-14,18H,4-5,10H2,1-3H3,(H,17,20). The molecular formula is C16H23NO6. The van der Waals surface area contributed by atoms with Crippen molar-refractivity contribution in [2.45, 2.75) is 31.9 Å². The van der Waals surface area contributed by atoms with Gasteiger partial charge in [0.25, 0.3) is 0 Å². The molecule has 2 N–H and O–H groups in total. The molecule has 128 valence electrons. The Labute approximate surface area is 135 Å². The molecule has 0 saturated carbocycles. The van der Waals surface area contributed by atoms with Gasteiger partial charge in [-0.3, -0.25) is 0 Å². The third-order valence-corrected chi connectivity index (χ3v) is 3.23. The number of esters is 1. The molecule has 1 aromatic carbocycles. The Hall–Kier alpha value is -2.28. The van der Waals surface area contributed by atoms with Crippen LogP contribution in [0.2, 0.25) is 0 Å². The number of aliphatic hydroxyl groups excluding tert-OH is 1. The number of ether oxygens (including phenoxy) is 3. The van der Waals surface area contributed by atoms with Crippen molar-refractivity contribution in [3.05, 3.63) is 29.8 Å². The average Bonchev–Trinajstić information content (AvgIpc) is 2.58. The van der Waals surface area contributed by atoms with Gasteiger partial charge in [-0.1, -0.05) is 25.5 Å². The summed E-state index contributed by atoms with van der Waals surface area (Å²) in [6, 6.07) is 5.23. The first-order valence-corrected chi connectivity index (χ1v) is 7.36. The molecule has 23 heavy (non-hydrogen) atoms. The van der Waals surface area contributed by atoms with Crippen LogP contribution < -0.4 is 10.1 Å². The summed E-state index contributed by atoms with van der Waals surface area (Å²) in [5.74, 6) is -0.150. The van der Waals surface area contributed by atoms with Crippen molar-refractivity contribution in [2.75, 3.05) is 20.8 Å². The Morgan fingerprint density at radius 2 is 1.87 bits per heavy atom. The van der Waals surface area contributed by atoms with E-state index in [1.807, 2.05) is 6.92 Å². The number of hydrogen-bond donors (Lipinski definition) is 2. The van der Waals surface area contributed by atoms with E-state index in [-0.39, 0.29) is 6.61 Å². The van der Waals surface area contributed by atoms with Gasteiger partial charge < -0.3 is 24.6 Å². The van der Waals surface area contributed by atoms with Gasteiger partial charge >= 0.3 is 12.1 Å². The second-order valence-electron chi connectivity index (χ2n) is 4.85. The van der Waals surface area contributed by atoms with Crippen molar-refractivity contribution in [3.63, 3.8) is 0 Å². The van der Waals surface area contributed by atoms with Crippen molar-refractivity contribution in [1.82, 2.24) is 5.32 Å². The Bertz CT molecular complexity index is 502. The van der Waals surface area contributed by atoms with Gasteiger partial charge in [0.2, 0.25) is 0 Å². The van der Waals surface area contributed by atoms with Crippen LogP contribution in [0.3, 0.4) is 0 Å². The van der Waals surface area contributed by atoms with Crippen molar-refractivity contribution in [2.24, 2.45) is 0 Å². The van der Waals surface area contributed by atoms with E-state index in [9.17, 15) is 14.7 Å². The zero-order chi connectivity index (χ0) is 17.2. The predicted octanol–water partition coefficient (Wildman–Crippen LogP) is 1.80. The summed E-state index contributed by atoms with van der Waals surface area (Å²) in [4.78, 5) is 23.6. The lowest BCUT2D eigenvalue weighted by atomic mass is 10.0. The van der Waals surface area contributed by atoms with E-state index in [4.69, 9.17) is 9.47 Å². The Morgan fingerprint density at radius 3 is 2.39 bits per heavy atom. The van der Waals surface area contributed by atoms with Crippen LogP contribution in [0.4, 0.5) is 4.79 Å². The van der Waals surface area contributed by atoms with E-state index in [1.165, 1.54) is 14.2 Å². The van der Waals surface area contributed by atoms with Gasteiger partial charge in [0.05, 0.1) is 20.8 Å². The molecule has 0 fully saturated rings. The SMILES string of the molecule is CCCCOC(=O)NC(C(=O)OC)C(O)c1ccc(OC)cc1. The summed E-state index contributed by atoms with van der Waals surface area (Å²) in [5, 5.41) is 12.7. The minimum Gasteiger partial charge on any atom is -0.497 e. The van der Waals surface area contributed by atoms with Gasteiger partial charge in [0.1, 0.15) is 11.9 Å². The van der Waals surface area contributed by atoms with Gasteiger partial charge in [-0.15, -0.1) is 0 Å². The zero-order valence-electron chi connectivity index (χ0n) is 13.6. The van der Waals surface area contributed by atoms with Gasteiger partial charge in [-0.2, -0.15) is 0 Å². The number of nitrogens with one attached hydrogen (secondary N) is 1. The van der Waals surface area contributed by atoms with Crippen molar-refractivity contribution < 1.29 is 28.9 Å². The third kappa shape index (κ3) is 5.78. The molecule has 1 aromatic rings. The fraction of sp³-hybridized carbons (Fsp3) is 0.500. The highest BCUT2D eigenvalue weighted by atomic mass is 16.6. The lowest BCUT2D eigenvalue weighted by Gasteiger charge is -2.22. The van der Waals surface area contributed by atoms with Crippen LogP contribution in [0.25, 0.3) is 0 Å². The maximum Gasteiger partial charge on any atom is 0.407 e. The second-order valence-corrected chi connectivity index (χ2v) is 4.85.